The van der Waals surface area contributed by atoms with Crippen molar-refractivity contribution in [2.45, 2.75) is 41.0 Å². The Morgan fingerprint density at radius 3 is 2.62 bits per heavy atom. The number of fused-ring (bicyclic) bond motifs is 2. The summed E-state index contributed by atoms with van der Waals surface area (Å²) in [6, 6.07) is 16.9. The van der Waals surface area contributed by atoms with E-state index in [1.807, 2.05) is 33.1 Å². The number of rotatable bonds is 8. The normalized spacial score (nSPS) is 12.0. The summed E-state index contributed by atoms with van der Waals surface area (Å²) in [5.41, 5.74) is 5.65. The summed E-state index contributed by atoms with van der Waals surface area (Å²) in [6.45, 7) is 11.4. The number of nitrogens with one attached hydrogen (secondary N) is 1. The van der Waals surface area contributed by atoms with E-state index in [0.717, 1.165) is 51.0 Å². The number of amides is 1. The van der Waals surface area contributed by atoms with Crippen molar-refractivity contribution >= 4 is 33.2 Å². The molecule has 4 heteroatoms. The average Bonchev–Trinajstić information content (AvgIpc) is 3.24. The topological polar surface area (TPSA) is 51.5 Å². The molecule has 176 valence electrons. The fourth-order valence-electron chi connectivity index (χ4n) is 4.33. The Morgan fingerprint density at radius 2 is 1.88 bits per heavy atom. The Morgan fingerprint density at radius 1 is 1.12 bits per heavy atom. The average molecular weight is 456 g/mol. The fourth-order valence-corrected chi connectivity index (χ4v) is 4.33. The zero-order chi connectivity index (χ0) is 24.2. The fraction of sp³-hybridized carbons (Fsp3) is 0.300. The SMILES string of the molecule is CCOc1c(/C(C)=C/C(=O)NCCC(C)C)cc2c(-c3ccc4ccccc4c3)coc2c1C. The first kappa shape index (κ1) is 23.6. The summed E-state index contributed by atoms with van der Waals surface area (Å²) in [6.07, 6.45) is 4.44. The van der Waals surface area contributed by atoms with Gasteiger partial charge in [0.05, 0.1) is 12.9 Å². The van der Waals surface area contributed by atoms with Crippen molar-refractivity contribution in [3.8, 4) is 16.9 Å². The van der Waals surface area contributed by atoms with Crippen molar-refractivity contribution in [2.75, 3.05) is 13.2 Å². The minimum atomic E-state index is -0.0831. The third-order valence-corrected chi connectivity index (χ3v) is 6.19. The zero-order valence-corrected chi connectivity index (χ0v) is 20.7. The van der Waals surface area contributed by atoms with Crippen LogP contribution in [0, 0.1) is 12.8 Å². The van der Waals surface area contributed by atoms with Crippen LogP contribution in [0.25, 0.3) is 38.4 Å². The number of carbonyl (C=O) groups excluding carboxylic acids is 1. The Hall–Kier alpha value is -3.53. The van der Waals surface area contributed by atoms with Gasteiger partial charge in [-0.25, -0.2) is 0 Å². The van der Waals surface area contributed by atoms with Crippen LogP contribution < -0.4 is 10.1 Å². The Kier molecular flexibility index (Phi) is 7.06. The largest absolute Gasteiger partial charge is 0.493 e. The van der Waals surface area contributed by atoms with Crippen molar-refractivity contribution in [3.05, 3.63) is 72.0 Å². The molecule has 0 aliphatic rings. The van der Waals surface area contributed by atoms with Crippen LogP contribution in [0.15, 0.2) is 65.3 Å². The number of hydrogen-bond donors (Lipinski definition) is 1. The number of allylic oxidation sites excluding steroid dienone is 1. The molecular weight excluding hydrogens is 422 g/mol. The van der Waals surface area contributed by atoms with Gasteiger partial charge in [-0.3, -0.25) is 4.79 Å². The molecule has 34 heavy (non-hydrogen) atoms. The van der Waals surface area contributed by atoms with Crippen molar-refractivity contribution < 1.29 is 13.9 Å². The molecule has 0 fully saturated rings. The highest BCUT2D eigenvalue weighted by atomic mass is 16.5. The molecule has 0 bridgehead atoms. The summed E-state index contributed by atoms with van der Waals surface area (Å²) in [4.78, 5) is 12.5. The number of ether oxygens (including phenoxy) is 1. The second-order valence-electron chi connectivity index (χ2n) is 9.20. The van der Waals surface area contributed by atoms with Gasteiger partial charge in [-0.2, -0.15) is 0 Å². The van der Waals surface area contributed by atoms with Crippen LogP contribution in [-0.2, 0) is 4.79 Å². The van der Waals surface area contributed by atoms with Crippen LogP contribution in [0.1, 0.15) is 45.2 Å². The number of aryl methyl sites for hydroxylation is 1. The lowest BCUT2D eigenvalue weighted by Crippen LogP contribution is -2.23. The molecule has 0 saturated heterocycles. The molecule has 0 unspecified atom stereocenters. The maximum atomic E-state index is 12.5. The van der Waals surface area contributed by atoms with Crippen LogP contribution in [0.2, 0.25) is 0 Å². The molecule has 1 heterocycles. The van der Waals surface area contributed by atoms with Gasteiger partial charge in [0.2, 0.25) is 5.91 Å². The molecule has 0 aliphatic heterocycles. The summed E-state index contributed by atoms with van der Waals surface area (Å²) < 4.78 is 12.1. The zero-order valence-electron chi connectivity index (χ0n) is 20.7. The highest BCUT2D eigenvalue weighted by Crippen LogP contribution is 2.41. The van der Waals surface area contributed by atoms with Crippen molar-refractivity contribution in [3.63, 3.8) is 0 Å². The molecule has 4 rings (SSSR count). The van der Waals surface area contributed by atoms with Gasteiger partial charge in [-0.1, -0.05) is 50.2 Å². The van der Waals surface area contributed by atoms with E-state index in [-0.39, 0.29) is 5.91 Å². The Bertz CT molecular complexity index is 1360. The Labute approximate surface area is 201 Å². The third kappa shape index (κ3) is 4.86. The van der Waals surface area contributed by atoms with E-state index in [1.165, 1.54) is 10.8 Å². The molecule has 1 aromatic heterocycles. The second-order valence-corrected chi connectivity index (χ2v) is 9.20. The highest BCUT2D eigenvalue weighted by Gasteiger charge is 2.19. The first-order valence-corrected chi connectivity index (χ1v) is 12.0. The van der Waals surface area contributed by atoms with Gasteiger partial charge < -0.3 is 14.5 Å². The van der Waals surface area contributed by atoms with Gasteiger partial charge in [0.1, 0.15) is 11.3 Å². The van der Waals surface area contributed by atoms with Crippen molar-refractivity contribution in [1.82, 2.24) is 5.32 Å². The molecule has 0 aliphatic carbocycles. The van der Waals surface area contributed by atoms with Crippen molar-refractivity contribution in [1.29, 1.82) is 0 Å². The molecule has 0 atom stereocenters. The van der Waals surface area contributed by atoms with Crippen molar-refractivity contribution in [2.24, 2.45) is 5.92 Å². The predicted molar refractivity (Wildman–Crippen MR) is 141 cm³/mol. The molecule has 0 spiro atoms. The second kappa shape index (κ2) is 10.2. The standard InChI is InChI=1S/C30H33NO3/c1-6-33-29-21(5)30-26(17-25(29)20(4)15-28(32)31-14-13-19(2)3)27(18-34-30)24-12-11-22-9-7-8-10-23(22)16-24/h7-12,15-19H,6,13-14H2,1-5H3,(H,31,32)/b20-15+. The number of carbonyl (C=O) groups is 1. The quantitative estimate of drug-likeness (QED) is 0.279. The lowest BCUT2D eigenvalue weighted by molar-refractivity contribution is -0.116. The van der Waals surface area contributed by atoms with E-state index < -0.39 is 0 Å². The van der Waals surface area contributed by atoms with Crippen LogP contribution in [0.3, 0.4) is 0 Å². The first-order chi connectivity index (χ1) is 16.4. The van der Waals surface area contributed by atoms with Gasteiger partial charge in [-0.15, -0.1) is 0 Å². The predicted octanol–water partition coefficient (Wildman–Crippen LogP) is 7.53. The van der Waals surface area contributed by atoms with Gasteiger partial charge in [0, 0.05) is 34.7 Å². The maximum Gasteiger partial charge on any atom is 0.244 e. The number of benzene rings is 3. The van der Waals surface area contributed by atoms with E-state index in [1.54, 1.807) is 6.08 Å². The van der Waals surface area contributed by atoms with Crippen LogP contribution in [0.5, 0.6) is 5.75 Å². The van der Waals surface area contributed by atoms with E-state index in [2.05, 4.69) is 61.6 Å². The minimum Gasteiger partial charge on any atom is -0.493 e. The first-order valence-electron chi connectivity index (χ1n) is 12.0. The lowest BCUT2D eigenvalue weighted by atomic mass is 9.95. The Balaban J connectivity index is 1.78. The summed E-state index contributed by atoms with van der Waals surface area (Å²) in [5, 5.41) is 6.40. The molecule has 1 amide bonds. The molecule has 3 aromatic carbocycles. The smallest absolute Gasteiger partial charge is 0.244 e. The summed E-state index contributed by atoms with van der Waals surface area (Å²) in [5.74, 6) is 1.23. The summed E-state index contributed by atoms with van der Waals surface area (Å²) in [7, 11) is 0. The lowest BCUT2D eigenvalue weighted by Gasteiger charge is -2.15. The van der Waals surface area contributed by atoms with Gasteiger partial charge >= 0.3 is 0 Å². The number of furan rings is 1. The number of hydrogen-bond acceptors (Lipinski definition) is 3. The minimum absolute atomic E-state index is 0.0831. The molecule has 0 radical (unpaired) electrons. The highest BCUT2D eigenvalue weighted by molar-refractivity contribution is 6.02. The molecule has 4 nitrogen and oxygen atoms in total. The third-order valence-electron chi connectivity index (χ3n) is 6.19. The van der Waals surface area contributed by atoms with Gasteiger partial charge in [0.15, 0.2) is 0 Å². The van der Waals surface area contributed by atoms with Crippen LogP contribution in [0.4, 0.5) is 0 Å². The molecule has 0 saturated carbocycles. The molecule has 4 aromatic rings. The van der Waals surface area contributed by atoms with E-state index in [4.69, 9.17) is 9.15 Å². The monoisotopic (exact) mass is 455 g/mol. The van der Waals surface area contributed by atoms with Crippen LogP contribution in [-0.4, -0.2) is 19.1 Å². The van der Waals surface area contributed by atoms with E-state index in [0.29, 0.717) is 19.1 Å². The summed E-state index contributed by atoms with van der Waals surface area (Å²) >= 11 is 0. The van der Waals surface area contributed by atoms with Gasteiger partial charge in [0.25, 0.3) is 0 Å². The maximum absolute atomic E-state index is 12.5. The van der Waals surface area contributed by atoms with Gasteiger partial charge in [-0.05, 0) is 67.2 Å². The molecule has 1 N–H and O–H groups in total. The van der Waals surface area contributed by atoms with Crippen LogP contribution >= 0.6 is 0 Å². The van der Waals surface area contributed by atoms with E-state index >= 15 is 0 Å². The molecular formula is C30H33NO3. The van der Waals surface area contributed by atoms with E-state index in [9.17, 15) is 4.79 Å².